The molecule has 0 radical (unpaired) electrons. The Balaban J connectivity index is 1.87. The van der Waals surface area contributed by atoms with E-state index in [0.717, 1.165) is 4.91 Å². The molecule has 43 heavy (non-hydrogen) atoms. The summed E-state index contributed by atoms with van der Waals surface area (Å²) in [4.78, 5) is 44.7. The smallest absolute Gasteiger partial charge is 0.355 e. The van der Waals surface area contributed by atoms with Crippen LogP contribution >= 0.6 is 23.4 Å². The van der Waals surface area contributed by atoms with Gasteiger partial charge >= 0.3 is 5.69 Å². The van der Waals surface area contributed by atoms with Gasteiger partial charge in [-0.05, 0) is 43.8 Å². The Kier molecular flexibility index (Phi) is 9.03. The van der Waals surface area contributed by atoms with Crippen molar-refractivity contribution in [2.24, 2.45) is 10.9 Å². The van der Waals surface area contributed by atoms with Crippen molar-refractivity contribution >= 4 is 64.2 Å². The lowest BCUT2D eigenvalue weighted by Gasteiger charge is -2.35. The molecule has 2 bridgehead atoms. The molecule has 3 aromatic rings. The second-order valence-corrected chi connectivity index (χ2v) is 11.9. The van der Waals surface area contributed by atoms with Gasteiger partial charge in [0.2, 0.25) is 5.91 Å². The van der Waals surface area contributed by atoms with Crippen molar-refractivity contribution in [3.05, 3.63) is 74.9 Å². The zero-order valence-electron chi connectivity index (χ0n) is 24.4. The van der Waals surface area contributed by atoms with E-state index in [2.05, 4.69) is 28.6 Å². The number of thioether (sulfide) groups is 1. The molecule has 9 nitrogen and oxygen atoms in total. The number of hydrogen-bond donors (Lipinski definition) is 1. The first-order valence-electron chi connectivity index (χ1n) is 14.0. The number of piperazine rings is 1. The predicted octanol–water partition coefficient (Wildman–Crippen LogP) is 5.67. The topological polar surface area (TPSA) is 95.7 Å². The van der Waals surface area contributed by atoms with Crippen molar-refractivity contribution in [2.75, 3.05) is 48.7 Å². The summed E-state index contributed by atoms with van der Waals surface area (Å²) in [5, 5.41) is 4.06. The molecule has 2 aromatic heterocycles. The summed E-state index contributed by atoms with van der Waals surface area (Å²) < 4.78 is 16.9. The molecule has 224 valence electrons. The van der Waals surface area contributed by atoms with Gasteiger partial charge in [0.15, 0.2) is 5.65 Å². The number of aromatic nitrogens is 3. The molecule has 1 saturated heterocycles. The number of carbonyl (C=O) groups is 1. The Labute approximate surface area is 258 Å². The Morgan fingerprint density at radius 3 is 2.63 bits per heavy atom. The number of anilines is 2. The van der Waals surface area contributed by atoms with Gasteiger partial charge in [-0.3, -0.25) is 9.79 Å². The van der Waals surface area contributed by atoms with Crippen LogP contribution in [0.1, 0.15) is 20.8 Å². The Hall–Kier alpha value is -3.96. The number of amides is 1. The maximum Gasteiger partial charge on any atom is 0.355 e. The number of aliphatic imine (C=N–C) groups is 1. The fourth-order valence-electron chi connectivity index (χ4n) is 5.42. The van der Waals surface area contributed by atoms with Crippen LogP contribution in [0.25, 0.3) is 28.0 Å². The van der Waals surface area contributed by atoms with Crippen molar-refractivity contribution in [3.63, 3.8) is 0 Å². The molecular formula is C31H33ClFN7O2S. The van der Waals surface area contributed by atoms with Gasteiger partial charge in [-0.2, -0.15) is 4.98 Å². The van der Waals surface area contributed by atoms with Crippen LogP contribution in [0.15, 0.2) is 63.4 Å². The molecule has 1 amide bonds. The average Bonchev–Trinajstić information content (AvgIpc) is 2.99. The number of halogens is 2. The SMILES string of the molecule is C=CC(=O)N1CCN(c2nc(=O)n3c4nc(c(Cl)cc24)-c2c(F)cccc2NCCSC(=C/C)/C3=C(\N=C)C(C)C)CC1. The van der Waals surface area contributed by atoms with Crippen molar-refractivity contribution in [3.8, 4) is 11.3 Å². The zero-order chi connectivity index (χ0) is 30.8. The van der Waals surface area contributed by atoms with Gasteiger partial charge in [0.1, 0.15) is 11.6 Å². The summed E-state index contributed by atoms with van der Waals surface area (Å²) in [6.07, 6.45) is 3.23. The van der Waals surface area contributed by atoms with Crippen LogP contribution in [0.3, 0.4) is 0 Å². The second kappa shape index (κ2) is 12.7. The predicted molar refractivity (Wildman–Crippen MR) is 175 cm³/mol. The van der Waals surface area contributed by atoms with Gasteiger partial charge in [0.25, 0.3) is 0 Å². The lowest BCUT2D eigenvalue weighted by molar-refractivity contribution is -0.126. The Bertz CT molecular complexity index is 1740. The van der Waals surface area contributed by atoms with Crippen LogP contribution < -0.4 is 15.9 Å². The van der Waals surface area contributed by atoms with Crippen LogP contribution in [0.4, 0.5) is 15.9 Å². The van der Waals surface area contributed by atoms with Crippen molar-refractivity contribution in [1.82, 2.24) is 19.4 Å². The summed E-state index contributed by atoms with van der Waals surface area (Å²) in [5.74, 6) is 0.288. The lowest BCUT2D eigenvalue weighted by atomic mass is 10.1. The van der Waals surface area contributed by atoms with Gasteiger partial charge in [-0.15, -0.1) is 11.8 Å². The number of nitrogens with one attached hydrogen (secondary N) is 1. The molecule has 0 aliphatic carbocycles. The highest BCUT2D eigenvalue weighted by atomic mass is 35.5. The minimum absolute atomic E-state index is 0.0869. The van der Waals surface area contributed by atoms with E-state index in [-0.39, 0.29) is 33.8 Å². The van der Waals surface area contributed by atoms with Gasteiger partial charge in [0.05, 0.1) is 33.1 Å². The molecule has 1 N–H and O–H groups in total. The highest BCUT2D eigenvalue weighted by Gasteiger charge is 2.29. The van der Waals surface area contributed by atoms with Gasteiger partial charge in [0, 0.05) is 49.1 Å². The number of pyridine rings is 1. The molecule has 1 fully saturated rings. The number of nitrogens with zero attached hydrogens (tertiary/aromatic N) is 6. The second-order valence-electron chi connectivity index (χ2n) is 10.4. The molecule has 4 heterocycles. The van der Waals surface area contributed by atoms with Gasteiger partial charge in [-0.25, -0.2) is 18.7 Å². The minimum atomic E-state index is -0.562. The molecule has 2 aliphatic heterocycles. The highest BCUT2D eigenvalue weighted by Crippen LogP contribution is 2.40. The molecule has 0 unspecified atom stereocenters. The third kappa shape index (κ3) is 5.71. The normalized spacial score (nSPS) is 17.8. The first kappa shape index (κ1) is 30.5. The lowest BCUT2D eigenvalue weighted by Crippen LogP contribution is -2.49. The van der Waals surface area contributed by atoms with Crippen LogP contribution in [-0.2, 0) is 4.79 Å². The van der Waals surface area contributed by atoms with Gasteiger partial charge < -0.3 is 15.1 Å². The van der Waals surface area contributed by atoms with Gasteiger partial charge in [-0.1, -0.05) is 44.2 Å². The third-order valence-electron chi connectivity index (χ3n) is 7.47. The number of fused-ring (bicyclic) bond motifs is 3. The average molecular weight is 622 g/mol. The fourth-order valence-corrected chi connectivity index (χ4v) is 6.59. The number of carbonyl (C=O) groups excluding carboxylic acids is 1. The molecule has 0 saturated carbocycles. The van der Waals surface area contributed by atoms with Crippen molar-refractivity contribution in [2.45, 2.75) is 20.8 Å². The van der Waals surface area contributed by atoms with E-state index in [1.807, 2.05) is 31.7 Å². The number of hydrogen-bond acceptors (Lipinski definition) is 8. The quantitative estimate of drug-likeness (QED) is 0.296. The summed E-state index contributed by atoms with van der Waals surface area (Å²) in [5.41, 5.74) is 1.81. The molecule has 2 aliphatic rings. The van der Waals surface area contributed by atoms with E-state index >= 15 is 4.39 Å². The summed E-state index contributed by atoms with van der Waals surface area (Å²) in [6, 6.07) is 6.47. The molecule has 5 rings (SSSR count). The van der Waals surface area contributed by atoms with E-state index in [1.165, 1.54) is 16.7 Å². The van der Waals surface area contributed by atoms with Crippen LogP contribution in [0.2, 0.25) is 5.02 Å². The van der Waals surface area contributed by atoms with E-state index in [4.69, 9.17) is 16.6 Å². The number of benzene rings is 1. The Morgan fingerprint density at radius 2 is 1.98 bits per heavy atom. The maximum atomic E-state index is 15.5. The van der Waals surface area contributed by atoms with E-state index in [0.29, 0.717) is 66.8 Å². The van der Waals surface area contributed by atoms with Crippen LogP contribution in [0, 0.1) is 11.7 Å². The summed E-state index contributed by atoms with van der Waals surface area (Å²) in [6.45, 7) is 15.5. The third-order valence-corrected chi connectivity index (χ3v) is 8.91. The first-order chi connectivity index (χ1) is 20.7. The summed E-state index contributed by atoms with van der Waals surface area (Å²) in [7, 11) is 0. The zero-order valence-corrected chi connectivity index (χ0v) is 25.9. The maximum absolute atomic E-state index is 15.5. The highest BCUT2D eigenvalue weighted by molar-refractivity contribution is 8.03. The molecular weight excluding hydrogens is 589 g/mol. The van der Waals surface area contributed by atoms with Crippen LogP contribution in [0.5, 0.6) is 0 Å². The van der Waals surface area contributed by atoms with Crippen molar-refractivity contribution in [1.29, 1.82) is 0 Å². The summed E-state index contributed by atoms with van der Waals surface area (Å²) >= 11 is 8.43. The van der Waals surface area contributed by atoms with E-state index in [1.54, 1.807) is 34.9 Å². The number of allylic oxidation sites excluding steroid dienone is 3. The largest absolute Gasteiger partial charge is 0.384 e. The number of rotatable bonds is 4. The monoisotopic (exact) mass is 621 g/mol. The molecule has 12 heteroatoms. The Morgan fingerprint density at radius 1 is 1.23 bits per heavy atom. The molecule has 0 atom stereocenters. The first-order valence-corrected chi connectivity index (χ1v) is 15.4. The minimum Gasteiger partial charge on any atom is -0.384 e. The van der Waals surface area contributed by atoms with E-state index in [9.17, 15) is 9.59 Å². The molecule has 1 aromatic carbocycles. The standard InChI is InChI=1S/C31H33ClFN7O2S/c1-6-23-28(26(34-5)18(3)4)40-30-19(29(37-31(40)42)39-14-12-38(13-15-39)24(41)7-2)17-20(32)27(36-30)25-21(33)9-8-10-22(25)35-11-16-43-23/h6-10,17-18,35H,2,5,11-16H2,1,3-4H3/b23-6+,28-26+. The molecule has 0 spiro atoms. The van der Waals surface area contributed by atoms with E-state index < -0.39 is 11.5 Å². The fraction of sp³-hybridized carbons (Fsp3) is 0.323. The van der Waals surface area contributed by atoms with Crippen molar-refractivity contribution < 1.29 is 9.18 Å². The van der Waals surface area contributed by atoms with Crippen LogP contribution in [-0.4, -0.2) is 70.5 Å².